The third kappa shape index (κ3) is 34.8. The Hall–Kier alpha value is -0.260. The van der Waals surface area contributed by atoms with Crippen LogP contribution in [0.2, 0.25) is 0 Å². The van der Waals surface area contributed by atoms with Crippen molar-refractivity contribution in [2.24, 2.45) is 0 Å². The molecule has 0 aromatic carbocycles. The van der Waals surface area contributed by atoms with E-state index in [2.05, 4.69) is 38.6 Å². The van der Waals surface area contributed by atoms with Crippen molar-refractivity contribution in [2.45, 2.75) is 168 Å². The number of aliphatic hydroxyl groups excluding tert-OH is 2. The highest BCUT2D eigenvalue weighted by Crippen LogP contribution is 2.13. The summed E-state index contributed by atoms with van der Waals surface area (Å²) >= 11 is 0. The molecule has 0 radical (unpaired) electrons. The van der Waals surface area contributed by atoms with Gasteiger partial charge in [0.15, 0.2) is 13.1 Å². The van der Waals surface area contributed by atoms with E-state index in [-0.39, 0.29) is 59.0 Å². The fourth-order valence-electron chi connectivity index (χ4n) is 6.85. The third-order valence-electron chi connectivity index (χ3n) is 10.2. The van der Waals surface area contributed by atoms with Gasteiger partial charge in [-0.25, -0.2) is 0 Å². The molecule has 0 saturated heterocycles. The first-order chi connectivity index (χ1) is 23.2. The van der Waals surface area contributed by atoms with Gasteiger partial charge in [0.25, 0.3) is 11.8 Å². The Bertz CT molecular complexity index is 692. The molecule has 0 aromatic rings. The summed E-state index contributed by atoms with van der Waals surface area (Å²) in [5.41, 5.74) is 0. The molecule has 2 amide bonds. The van der Waals surface area contributed by atoms with Crippen LogP contribution in [0, 0.1) is 0 Å². The van der Waals surface area contributed by atoms with Crippen LogP contribution >= 0.6 is 0 Å². The number of carbonyl (C=O) groups is 2. The monoisotopic (exact) mass is 842 g/mol. The molecule has 10 heteroatoms. The molecule has 0 spiro atoms. The predicted octanol–water partition coefficient (Wildman–Crippen LogP) is 1.51. The van der Waals surface area contributed by atoms with E-state index in [1.165, 1.54) is 116 Å². The van der Waals surface area contributed by atoms with Gasteiger partial charge in [-0.3, -0.25) is 9.59 Å². The van der Waals surface area contributed by atoms with Crippen molar-refractivity contribution in [3.8, 4) is 0 Å². The minimum absolute atomic E-state index is 0. The van der Waals surface area contributed by atoms with Crippen molar-refractivity contribution in [2.75, 3.05) is 79.7 Å². The number of hydrogen-bond donors (Lipinski definition) is 4. The third-order valence-corrected chi connectivity index (χ3v) is 10.2. The zero-order valence-corrected chi connectivity index (χ0v) is 36.6. The smallest absolute Gasteiger partial charge is 0.275 e. The molecule has 0 bridgehead atoms. The minimum Gasteiger partial charge on any atom is -1.00 e. The minimum atomic E-state index is 0. The van der Waals surface area contributed by atoms with Crippen molar-refractivity contribution in [1.29, 1.82) is 0 Å². The quantitative estimate of drug-likeness (QED) is 0.0564. The van der Waals surface area contributed by atoms with Crippen molar-refractivity contribution in [3.63, 3.8) is 0 Å². The molecular formula is C40H84Br2N4O4. The Kier molecular flexibility index (Phi) is 41.6. The Labute approximate surface area is 331 Å². The van der Waals surface area contributed by atoms with Gasteiger partial charge in [0, 0.05) is 13.1 Å². The van der Waals surface area contributed by atoms with E-state index in [9.17, 15) is 19.8 Å². The Balaban J connectivity index is -0.0000110. The second-order valence-corrected chi connectivity index (χ2v) is 15.4. The van der Waals surface area contributed by atoms with Gasteiger partial charge in [-0.05, 0) is 38.5 Å². The van der Waals surface area contributed by atoms with Crippen LogP contribution < -0.4 is 44.6 Å². The lowest BCUT2D eigenvalue weighted by Gasteiger charge is -2.34. The largest absolute Gasteiger partial charge is 1.00 e. The Morgan fingerprint density at radius 1 is 0.420 bits per heavy atom. The maximum absolute atomic E-state index is 12.7. The van der Waals surface area contributed by atoms with Crippen LogP contribution in [0.1, 0.15) is 168 Å². The highest BCUT2D eigenvalue weighted by molar-refractivity contribution is 5.77. The van der Waals surface area contributed by atoms with Gasteiger partial charge in [0.2, 0.25) is 0 Å². The van der Waals surface area contributed by atoms with Crippen LogP contribution in [-0.4, -0.2) is 111 Å². The van der Waals surface area contributed by atoms with Gasteiger partial charge in [-0.2, -0.15) is 0 Å². The van der Waals surface area contributed by atoms with Gasteiger partial charge in [-0.15, -0.1) is 0 Å². The maximum atomic E-state index is 12.7. The van der Waals surface area contributed by atoms with Crippen LogP contribution in [0.5, 0.6) is 0 Å². The number of aliphatic hydroxyl groups is 2. The summed E-state index contributed by atoms with van der Waals surface area (Å²) in [5.74, 6) is 0.177. The fraction of sp³-hybridized carbons (Fsp3) is 0.950. The number of nitrogens with one attached hydrogen (secondary N) is 2. The zero-order chi connectivity index (χ0) is 35.6. The predicted molar refractivity (Wildman–Crippen MR) is 204 cm³/mol. The summed E-state index contributed by atoms with van der Waals surface area (Å²) in [7, 11) is 4.17. The molecule has 2 atom stereocenters. The van der Waals surface area contributed by atoms with Gasteiger partial charge in [-0.1, -0.05) is 129 Å². The molecule has 0 heterocycles. The van der Waals surface area contributed by atoms with Crippen LogP contribution in [0.25, 0.3) is 0 Å². The molecule has 0 rings (SSSR count). The summed E-state index contributed by atoms with van der Waals surface area (Å²) < 4.78 is 1.13. The molecule has 0 aromatic heterocycles. The first-order valence-corrected chi connectivity index (χ1v) is 20.7. The number of likely N-dealkylation sites (N-methyl/N-ethyl adjacent to an activating group) is 2. The summed E-state index contributed by atoms with van der Waals surface area (Å²) in [6.45, 7) is 9.93. The number of rotatable bonds is 37. The second kappa shape index (κ2) is 38.5. The van der Waals surface area contributed by atoms with E-state index >= 15 is 0 Å². The van der Waals surface area contributed by atoms with Crippen LogP contribution in [-0.2, 0) is 9.59 Å². The normalized spacial score (nSPS) is 13.5. The molecule has 50 heavy (non-hydrogen) atoms. The van der Waals surface area contributed by atoms with Crippen LogP contribution in [0.15, 0.2) is 0 Å². The van der Waals surface area contributed by atoms with Crippen molar-refractivity contribution in [1.82, 2.24) is 10.6 Å². The molecule has 0 aliphatic rings. The van der Waals surface area contributed by atoms with E-state index < -0.39 is 0 Å². The summed E-state index contributed by atoms with van der Waals surface area (Å²) in [4.78, 5) is 25.4. The first-order valence-electron chi connectivity index (χ1n) is 20.7. The second-order valence-electron chi connectivity index (χ2n) is 15.4. The average molecular weight is 845 g/mol. The molecule has 4 N–H and O–H groups in total. The van der Waals surface area contributed by atoms with E-state index in [1.807, 2.05) is 0 Å². The summed E-state index contributed by atoms with van der Waals surface area (Å²) in [6.07, 6.45) is 29.9. The van der Waals surface area contributed by atoms with Gasteiger partial charge >= 0.3 is 0 Å². The van der Waals surface area contributed by atoms with E-state index in [0.29, 0.717) is 35.1 Å². The highest BCUT2D eigenvalue weighted by atomic mass is 79.9. The molecule has 302 valence electrons. The van der Waals surface area contributed by atoms with Crippen molar-refractivity contribution >= 4 is 11.8 Å². The lowest BCUT2D eigenvalue weighted by atomic mass is 10.1. The van der Waals surface area contributed by atoms with Gasteiger partial charge in [0.1, 0.15) is 13.1 Å². The molecular weight excluding hydrogens is 760 g/mol. The highest BCUT2D eigenvalue weighted by Gasteiger charge is 2.26. The standard InChI is InChI=1S/C40H82N4O4.2BrH/c1-5-7-9-11-13-15-17-19-21-25-29-41-39(47)37-43(3,33-35-45)31-27-23-24-28-32-44(4,34-36-46)38-40(48)42-30-26-22-20-18-16-14-12-10-8-6-2;;/h45-46H,5-38H2,1-4H3;2*1H. The van der Waals surface area contributed by atoms with Crippen molar-refractivity contribution in [3.05, 3.63) is 0 Å². The average Bonchev–Trinajstić information content (AvgIpc) is 3.04. The topological polar surface area (TPSA) is 98.7 Å². The molecule has 0 fully saturated rings. The molecule has 0 aliphatic heterocycles. The number of nitrogens with zero attached hydrogens (tertiary/aromatic N) is 2. The first kappa shape index (κ1) is 54.1. The van der Waals surface area contributed by atoms with Gasteiger partial charge in [0.05, 0.1) is 40.4 Å². The zero-order valence-electron chi connectivity index (χ0n) is 33.4. The number of unbranched alkanes of at least 4 members (excludes halogenated alkanes) is 21. The van der Waals surface area contributed by atoms with E-state index in [1.54, 1.807) is 0 Å². The number of quaternary nitrogens is 2. The Morgan fingerprint density at radius 2 is 0.680 bits per heavy atom. The van der Waals surface area contributed by atoms with Crippen LogP contribution in [0.3, 0.4) is 0 Å². The fourth-order valence-corrected chi connectivity index (χ4v) is 6.85. The number of carbonyl (C=O) groups excluding carboxylic acids is 2. The molecule has 0 saturated carbocycles. The molecule has 2 unspecified atom stereocenters. The number of amides is 2. The molecule has 0 aliphatic carbocycles. The number of hydrogen-bond acceptors (Lipinski definition) is 4. The Morgan fingerprint density at radius 3 is 0.960 bits per heavy atom. The van der Waals surface area contributed by atoms with Gasteiger partial charge < -0.3 is 63.8 Å². The lowest BCUT2D eigenvalue weighted by Crippen LogP contribution is -3.00. The van der Waals surface area contributed by atoms with E-state index in [4.69, 9.17) is 0 Å². The maximum Gasteiger partial charge on any atom is 0.275 e. The summed E-state index contributed by atoms with van der Waals surface area (Å²) in [5, 5.41) is 25.6. The number of halogens is 2. The summed E-state index contributed by atoms with van der Waals surface area (Å²) in [6, 6.07) is 0. The van der Waals surface area contributed by atoms with Crippen molar-refractivity contribution < 1.29 is 62.7 Å². The van der Waals surface area contributed by atoms with Crippen LogP contribution in [0.4, 0.5) is 0 Å². The van der Waals surface area contributed by atoms with E-state index in [0.717, 1.165) is 64.7 Å². The lowest BCUT2D eigenvalue weighted by molar-refractivity contribution is -0.903. The molecule has 8 nitrogen and oxygen atoms in total. The SMILES string of the molecule is CCCCCCCCCCCCNC(=O)C[N+](C)(CCO)CCCCCC[N+](C)(CCO)CC(=O)NCCCCCCCCCCCC.[Br-].[Br-].